The number of nitrogen functional groups attached to an aromatic ring is 1. The number of aromatic nitrogens is 3. The van der Waals surface area contributed by atoms with Crippen molar-refractivity contribution in [2.75, 3.05) is 19.3 Å². The van der Waals surface area contributed by atoms with Gasteiger partial charge in [0.1, 0.15) is 11.6 Å². The minimum Gasteiger partial charge on any atom is -0.383 e. The van der Waals surface area contributed by atoms with Gasteiger partial charge in [0, 0.05) is 35.3 Å². The molecule has 138 valence electrons. The summed E-state index contributed by atoms with van der Waals surface area (Å²) in [5.74, 6) is 1.16. The Kier molecular flexibility index (Phi) is 7.92. The Morgan fingerprint density at radius 1 is 1.27 bits per heavy atom. The molecular formula is C20H28N6. The Labute approximate surface area is 155 Å². The summed E-state index contributed by atoms with van der Waals surface area (Å²) >= 11 is 0. The number of hydrogen-bond donors (Lipinski definition) is 3. The number of hydrazine groups is 1. The summed E-state index contributed by atoms with van der Waals surface area (Å²) in [6, 6.07) is 3.90. The van der Waals surface area contributed by atoms with Crippen LogP contribution in [0.3, 0.4) is 0 Å². The molecule has 4 N–H and O–H groups in total. The Balaban J connectivity index is 2.36. The van der Waals surface area contributed by atoms with Crippen LogP contribution in [0.25, 0.3) is 11.6 Å². The monoisotopic (exact) mass is 352 g/mol. The molecule has 0 saturated heterocycles. The second-order valence-electron chi connectivity index (χ2n) is 6.01. The molecule has 0 fully saturated rings. The maximum atomic E-state index is 6.21. The molecule has 6 nitrogen and oxygen atoms in total. The van der Waals surface area contributed by atoms with Crippen LogP contribution in [-0.2, 0) is 0 Å². The number of nitrogens with zero attached hydrogens (tertiary/aromatic N) is 3. The molecule has 0 radical (unpaired) electrons. The number of nitrogens with two attached hydrogens (primary N) is 1. The molecule has 0 aliphatic rings. The first-order valence-electron chi connectivity index (χ1n) is 8.94. The third-order valence-electron chi connectivity index (χ3n) is 4.05. The van der Waals surface area contributed by atoms with E-state index in [0.29, 0.717) is 11.6 Å². The van der Waals surface area contributed by atoms with Crippen molar-refractivity contribution < 1.29 is 0 Å². The number of aryl methyl sites for hydroxylation is 1. The van der Waals surface area contributed by atoms with Gasteiger partial charge in [0.2, 0.25) is 0 Å². The Morgan fingerprint density at radius 3 is 2.81 bits per heavy atom. The number of allylic oxidation sites excluding steroid dienone is 1. The van der Waals surface area contributed by atoms with Gasteiger partial charge in [-0.25, -0.2) is 9.97 Å². The molecule has 6 heteroatoms. The van der Waals surface area contributed by atoms with Crippen molar-refractivity contribution in [1.29, 1.82) is 0 Å². The number of nitrogens with one attached hydrogen (secondary N) is 2. The maximum absolute atomic E-state index is 6.21. The van der Waals surface area contributed by atoms with Crippen molar-refractivity contribution in [2.45, 2.75) is 32.6 Å². The average Bonchev–Trinajstić information content (AvgIpc) is 2.64. The smallest absolute Gasteiger partial charge is 0.134 e. The Bertz CT molecular complexity index is 829. The quantitative estimate of drug-likeness (QED) is 0.464. The molecule has 0 aliphatic heterocycles. The van der Waals surface area contributed by atoms with E-state index in [1.54, 1.807) is 12.3 Å². The number of pyridine rings is 1. The summed E-state index contributed by atoms with van der Waals surface area (Å²) in [7, 11) is 1.88. The summed E-state index contributed by atoms with van der Waals surface area (Å²) in [4.78, 5) is 13.2. The highest BCUT2D eigenvalue weighted by Crippen LogP contribution is 2.09. The topological polar surface area (TPSA) is 88.8 Å². The predicted octanol–water partition coefficient (Wildman–Crippen LogP) is 1.21. The van der Waals surface area contributed by atoms with Crippen molar-refractivity contribution in [3.8, 4) is 0 Å². The lowest BCUT2D eigenvalue weighted by Gasteiger charge is -2.05. The van der Waals surface area contributed by atoms with Crippen LogP contribution in [0.4, 0.5) is 5.82 Å². The van der Waals surface area contributed by atoms with Gasteiger partial charge in [0.05, 0.1) is 5.35 Å². The Morgan fingerprint density at radius 2 is 2.12 bits per heavy atom. The molecule has 2 aromatic rings. The summed E-state index contributed by atoms with van der Waals surface area (Å²) < 4.78 is 0. The lowest BCUT2D eigenvalue weighted by molar-refractivity contribution is 0.553. The van der Waals surface area contributed by atoms with Gasteiger partial charge >= 0.3 is 0 Å². The number of unbranched alkanes of at least 4 members (excludes halogenated alkanes) is 3. The van der Waals surface area contributed by atoms with Crippen LogP contribution >= 0.6 is 0 Å². The largest absolute Gasteiger partial charge is 0.383 e. The fourth-order valence-corrected chi connectivity index (χ4v) is 2.79. The molecule has 0 amide bonds. The van der Waals surface area contributed by atoms with Crippen LogP contribution in [0, 0.1) is 6.92 Å². The molecular weight excluding hydrogens is 324 g/mol. The molecule has 0 spiro atoms. The van der Waals surface area contributed by atoms with Crippen LogP contribution in [0.15, 0.2) is 37.2 Å². The van der Waals surface area contributed by atoms with Gasteiger partial charge in [-0.3, -0.25) is 15.8 Å². The molecule has 0 atom stereocenters. The number of anilines is 1. The number of rotatable bonds is 9. The predicted molar refractivity (Wildman–Crippen MR) is 107 cm³/mol. The molecule has 0 bridgehead atoms. The van der Waals surface area contributed by atoms with Gasteiger partial charge in [-0.1, -0.05) is 31.2 Å². The fourth-order valence-electron chi connectivity index (χ4n) is 2.79. The molecule has 2 rings (SSSR count). The molecule has 0 aromatic carbocycles. The molecule has 0 unspecified atom stereocenters. The second kappa shape index (κ2) is 10.4. The van der Waals surface area contributed by atoms with E-state index < -0.39 is 0 Å². The SMILES string of the molecule is C=C/C(c1cccnc1)=c1/nc(C)nc(N)/c1=C/CCCCCNNC. The lowest BCUT2D eigenvalue weighted by atomic mass is 10.1. The summed E-state index contributed by atoms with van der Waals surface area (Å²) in [5.41, 5.74) is 14.1. The Hall–Kier alpha value is -2.57. The zero-order valence-corrected chi connectivity index (χ0v) is 15.6. The van der Waals surface area contributed by atoms with Crippen molar-refractivity contribution in [1.82, 2.24) is 25.8 Å². The third-order valence-corrected chi connectivity index (χ3v) is 4.05. The van der Waals surface area contributed by atoms with Crippen molar-refractivity contribution in [2.24, 2.45) is 0 Å². The van der Waals surface area contributed by atoms with Gasteiger partial charge in [0.15, 0.2) is 0 Å². The molecule has 0 saturated carbocycles. The van der Waals surface area contributed by atoms with Gasteiger partial charge in [0.25, 0.3) is 0 Å². The van der Waals surface area contributed by atoms with E-state index >= 15 is 0 Å². The zero-order chi connectivity index (χ0) is 18.8. The van der Waals surface area contributed by atoms with E-state index in [9.17, 15) is 0 Å². The van der Waals surface area contributed by atoms with Crippen molar-refractivity contribution in [3.63, 3.8) is 0 Å². The van der Waals surface area contributed by atoms with Gasteiger partial charge in [-0.15, -0.1) is 0 Å². The van der Waals surface area contributed by atoms with Crippen molar-refractivity contribution in [3.05, 3.63) is 59.1 Å². The van der Waals surface area contributed by atoms with E-state index in [-0.39, 0.29) is 0 Å². The van der Waals surface area contributed by atoms with Crippen LogP contribution in [0.5, 0.6) is 0 Å². The third kappa shape index (κ3) is 5.47. The first-order chi connectivity index (χ1) is 12.7. The average molecular weight is 352 g/mol. The highest BCUT2D eigenvalue weighted by atomic mass is 15.3. The van der Waals surface area contributed by atoms with Gasteiger partial charge in [-0.2, -0.15) is 0 Å². The highest BCUT2D eigenvalue weighted by molar-refractivity contribution is 5.72. The molecule has 2 heterocycles. The van der Waals surface area contributed by atoms with Crippen LogP contribution in [-0.4, -0.2) is 28.5 Å². The van der Waals surface area contributed by atoms with Gasteiger partial charge < -0.3 is 5.73 Å². The highest BCUT2D eigenvalue weighted by Gasteiger charge is 2.05. The minimum atomic E-state index is 0.507. The zero-order valence-electron chi connectivity index (χ0n) is 15.6. The standard InChI is InChI=1S/C20H28N6/c1-4-17(16-10-9-12-23-14-16)19-18(20(21)26-15(2)25-19)11-7-5-6-8-13-24-22-3/h4,9-12,14,22,24H,1,5-8,13H2,2-3H3,(H2,21,25,26)/b18-11+,19-17-. The molecule has 26 heavy (non-hydrogen) atoms. The normalized spacial score (nSPS) is 12.9. The molecule has 2 aromatic heterocycles. The fraction of sp³-hybridized carbons (Fsp3) is 0.350. The summed E-state index contributed by atoms with van der Waals surface area (Å²) in [6.45, 7) is 6.77. The van der Waals surface area contributed by atoms with Gasteiger partial charge in [-0.05, 0) is 39.3 Å². The van der Waals surface area contributed by atoms with E-state index in [0.717, 1.165) is 53.9 Å². The minimum absolute atomic E-state index is 0.507. The summed E-state index contributed by atoms with van der Waals surface area (Å²) in [6.07, 6.45) is 11.8. The van der Waals surface area contributed by atoms with E-state index in [1.165, 1.54) is 0 Å². The maximum Gasteiger partial charge on any atom is 0.134 e. The van der Waals surface area contributed by atoms with Crippen LogP contribution in [0.1, 0.15) is 37.1 Å². The van der Waals surface area contributed by atoms with E-state index in [4.69, 9.17) is 5.73 Å². The van der Waals surface area contributed by atoms with E-state index in [1.807, 2.05) is 32.3 Å². The van der Waals surface area contributed by atoms with Crippen molar-refractivity contribution >= 4 is 17.5 Å². The first kappa shape index (κ1) is 19.8. The first-order valence-corrected chi connectivity index (χ1v) is 8.94. The second-order valence-corrected chi connectivity index (χ2v) is 6.01. The number of hydrogen-bond acceptors (Lipinski definition) is 6. The lowest BCUT2D eigenvalue weighted by Crippen LogP contribution is -2.35. The summed E-state index contributed by atoms with van der Waals surface area (Å²) in [5, 5.41) is 1.69. The van der Waals surface area contributed by atoms with E-state index in [2.05, 4.69) is 38.5 Å². The molecule has 0 aliphatic carbocycles. The van der Waals surface area contributed by atoms with Crippen LogP contribution in [0.2, 0.25) is 0 Å². The van der Waals surface area contributed by atoms with Crippen LogP contribution < -0.4 is 27.2 Å².